The van der Waals surface area contributed by atoms with Crippen molar-refractivity contribution in [2.75, 3.05) is 6.54 Å². The lowest BCUT2D eigenvalue weighted by Crippen LogP contribution is -2.38. The zero-order chi connectivity index (χ0) is 12.3. The van der Waals surface area contributed by atoms with E-state index in [2.05, 4.69) is 26.1 Å². The van der Waals surface area contributed by atoms with Crippen LogP contribution in [-0.2, 0) is 4.74 Å². The second kappa shape index (κ2) is 5.71. The van der Waals surface area contributed by atoms with Crippen LogP contribution in [0.5, 0.6) is 0 Å². The maximum atomic E-state index is 6.03. The third-order valence-corrected chi connectivity index (χ3v) is 4.53. The van der Waals surface area contributed by atoms with E-state index in [0.29, 0.717) is 23.7 Å². The van der Waals surface area contributed by atoms with Gasteiger partial charge in [-0.3, -0.25) is 0 Å². The smallest absolute Gasteiger partial charge is 0.0585 e. The van der Waals surface area contributed by atoms with Crippen LogP contribution in [0.2, 0.25) is 0 Å². The lowest BCUT2D eigenvalue weighted by molar-refractivity contribution is 0.0219. The molecule has 2 unspecified atom stereocenters. The van der Waals surface area contributed by atoms with Crippen molar-refractivity contribution in [1.29, 1.82) is 0 Å². The van der Waals surface area contributed by atoms with Crippen molar-refractivity contribution in [3.05, 3.63) is 0 Å². The Kier molecular flexibility index (Phi) is 4.48. The molecule has 0 aromatic heterocycles. The first kappa shape index (κ1) is 13.4. The normalized spacial score (nSPS) is 32.5. The summed E-state index contributed by atoms with van der Waals surface area (Å²) in [6, 6.07) is 0.607. The summed E-state index contributed by atoms with van der Waals surface area (Å²) in [6.45, 7) is 7.90. The fourth-order valence-electron chi connectivity index (χ4n) is 3.52. The minimum Gasteiger partial charge on any atom is -0.375 e. The van der Waals surface area contributed by atoms with Crippen LogP contribution >= 0.6 is 0 Å². The Bertz CT molecular complexity index is 233. The molecule has 2 heteroatoms. The Morgan fingerprint density at radius 3 is 2.47 bits per heavy atom. The summed E-state index contributed by atoms with van der Waals surface area (Å²) in [6.07, 6.45) is 10.5. The summed E-state index contributed by atoms with van der Waals surface area (Å²) >= 11 is 0. The quantitative estimate of drug-likeness (QED) is 0.793. The molecule has 2 atom stereocenters. The third kappa shape index (κ3) is 3.69. The topological polar surface area (TPSA) is 21.3 Å². The van der Waals surface area contributed by atoms with Crippen molar-refractivity contribution in [3.63, 3.8) is 0 Å². The van der Waals surface area contributed by atoms with Crippen LogP contribution in [0, 0.1) is 5.41 Å². The molecule has 100 valence electrons. The molecule has 1 N–H and O–H groups in total. The molecule has 0 bridgehead atoms. The van der Waals surface area contributed by atoms with Gasteiger partial charge in [0.15, 0.2) is 0 Å². The lowest BCUT2D eigenvalue weighted by Gasteiger charge is -2.33. The second-order valence-electron chi connectivity index (χ2n) is 6.59. The number of hydrogen-bond donors (Lipinski definition) is 1. The molecule has 0 radical (unpaired) electrons. The summed E-state index contributed by atoms with van der Waals surface area (Å²) in [5, 5.41) is 3.66. The van der Waals surface area contributed by atoms with E-state index >= 15 is 0 Å². The number of nitrogens with one attached hydrogen (secondary N) is 1. The first-order valence-corrected chi connectivity index (χ1v) is 7.48. The van der Waals surface area contributed by atoms with Crippen LogP contribution in [0.15, 0.2) is 0 Å². The maximum absolute atomic E-state index is 6.03. The van der Waals surface area contributed by atoms with Crippen LogP contribution in [0.1, 0.15) is 65.7 Å². The highest BCUT2D eigenvalue weighted by Crippen LogP contribution is 2.43. The highest BCUT2D eigenvalue weighted by Gasteiger charge is 2.37. The van der Waals surface area contributed by atoms with Gasteiger partial charge in [-0.25, -0.2) is 0 Å². The largest absolute Gasteiger partial charge is 0.375 e. The molecule has 1 aliphatic heterocycles. The van der Waals surface area contributed by atoms with Crippen molar-refractivity contribution in [1.82, 2.24) is 5.32 Å². The molecule has 2 nitrogen and oxygen atoms in total. The maximum Gasteiger partial charge on any atom is 0.0585 e. The Balaban J connectivity index is 1.87. The molecule has 1 saturated carbocycles. The fourth-order valence-corrected chi connectivity index (χ4v) is 3.52. The van der Waals surface area contributed by atoms with Gasteiger partial charge in [-0.05, 0) is 44.4 Å². The van der Waals surface area contributed by atoms with E-state index in [4.69, 9.17) is 4.74 Å². The molecular weight excluding hydrogens is 210 g/mol. The first-order valence-electron chi connectivity index (χ1n) is 7.48. The molecule has 1 aliphatic carbocycles. The number of hydrogen-bond acceptors (Lipinski definition) is 2. The zero-order valence-corrected chi connectivity index (χ0v) is 11.8. The minimum atomic E-state index is 0.497. The Morgan fingerprint density at radius 1 is 1.24 bits per heavy atom. The van der Waals surface area contributed by atoms with Crippen LogP contribution in [-0.4, -0.2) is 24.8 Å². The van der Waals surface area contributed by atoms with Gasteiger partial charge in [0.05, 0.1) is 12.2 Å². The van der Waals surface area contributed by atoms with Crippen molar-refractivity contribution >= 4 is 0 Å². The van der Waals surface area contributed by atoms with E-state index in [-0.39, 0.29) is 0 Å². The van der Waals surface area contributed by atoms with Crippen LogP contribution in [0.3, 0.4) is 0 Å². The Labute approximate surface area is 107 Å². The van der Waals surface area contributed by atoms with Gasteiger partial charge in [0.1, 0.15) is 0 Å². The van der Waals surface area contributed by atoms with Gasteiger partial charge in [-0.1, -0.05) is 26.7 Å². The third-order valence-electron chi connectivity index (χ3n) is 4.53. The molecule has 2 rings (SSSR count). The predicted molar refractivity (Wildman–Crippen MR) is 72.2 cm³/mol. The van der Waals surface area contributed by atoms with Crippen LogP contribution in [0.25, 0.3) is 0 Å². The monoisotopic (exact) mass is 239 g/mol. The van der Waals surface area contributed by atoms with Crippen LogP contribution in [0.4, 0.5) is 0 Å². The van der Waals surface area contributed by atoms with E-state index in [1.165, 1.54) is 51.5 Å². The van der Waals surface area contributed by atoms with Crippen molar-refractivity contribution in [2.24, 2.45) is 5.41 Å². The summed E-state index contributed by atoms with van der Waals surface area (Å²) in [5.74, 6) is 0. The molecule has 2 fully saturated rings. The van der Waals surface area contributed by atoms with Gasteiger partial charge >= 0.3 is 0 Å². The summed E-state index contributed by atoms with van der Waals surface area (Å²) < 4.78 is 6.03. The molecule has 1 heterocycles. The molecule has 0 aromatic rings. The zero-order valence-electron chi connectivity index (χ0n) is 11.8. The van der Waals surface area contributed by atoms with E-state index in [9.17, 15) is 0 Å². The lowest BCUT2D eigenvalue weighted by atomic mass is 9.80. The molecule has 0 aromatic carbocycles. The van der Waals surface area contributed by atoms with Gasteiger partial charge < -0.3 is 10.1 Å². The molecule has 17 heavy (non-hydrogen) atoms. The number of rotatable bonds is 5. The van der Waals surface area contributed by atoms with Crippen molar-refractivity contribution in [3.8, 4) is 0 Å². The second-order valence-corrected chi connectivity index (χ2v) is 6.59. The van der Waals surface area contributed by atoms with Gasteiger partial charge in [0, 0.05) is 12.6 Å². The van der Waals surface area contributed by atoms with E-state index in [0.717, 1.165) is 0 Å². The fraction of sp³-hybridized carbons (Fsp3) is 1.00. The van der Waals surface area contributed by atoms with Gasteiger partial charge in [-0.2, -0.15) is 0 Å². The Hall–Kier alpha value is -0.0800. The predicted octanol–water partition coefficient (Wildman–Crippen LogP) is 3.50. The standard InChI is InChI=1S/C15H29NO/c1-12(2)16-11-15(8-4-5-9-15)10-14-7-6-13(3)17-14/h12-14,16H,4-11H2,1-3H3. The van der Waals surface area contributed by atoms with Crippen LogP contribution < -0.4 is 5.32 Å². The summed E-state index contributed by atoms with van der Waals surface area (Å²) in [4.78, 5) is 0. The van der Waals surface area contributed by atoms with E-state index in [1.54, 1.807) is 0 Å². The average molecular weight is 239 g/mol. The van der Waals surface area contributed by atoms with Crippen molar-refractivity contribution < 1.29 is 4.74 Å². The van der Waals surface area contributed by atoms with Crippen molar-refractivity contribution in [2.45, 2.75) is 84.0 Å². The summed E-state index contributed by atoms with van der Waals surface area (Å²) in [5.41, 5.74) is 0.541. The highest BCUT2D eigenvalue weighted by atomic mass is 16.5. The van der Waals surface area contributed by atoms with Gasteiger partial charge in [-0.15, -0.1) is 0 Å². The van der Waals surface area contributed by atoms with Gasteiger partial charge in [0.2, 0.25) is 0 Å². The summed E-state index contributed by atoms with van der Waals surface area (Å²) in [7, 11) is 0. The molecular formula is C15H29NO. The highest BCUT2D eigenvalue weighted by molar-refractivity contribution is 4.90. The Morgan fingerprint density at radius 2 is 1.94 bits per heavy atom. The first-order chi connectivity index (χ1) is 8.10. The minimum absolute atomic E-state index is 0.497. The molecule has 2 aliphatic rings. The molecule has 0 amide bonds. The number of ether oxygens (including phenoxy) is 1. The molecule has 1 saturated heterocycles. The average Bonchev–Trinajstić information content (AvgIpc) is 2.87. The van der Waals surface area contributed by atoms with Gasteiger partial charge in [0.25, 0.3) is 0 Å². The van der Waals surface area contributed by atoms with E-state index in [1.807, 2.05) is 0 Å². The van der Waals surface area contributed by atoms with E-state index < -0.39 is 0 Å². The molecule has 0 spiro atoms. The SMILES string of the molecule is CC(C)NCC1(CC2CCC(C)O2)CCCC1.